The van der Waals surface area contributed by atoms with E-state index in [4.69, 9.17) is 11.6 Å². The zero-order chi connectivity index (χ0) is 13.7. The van der Waals surface area contributed by atoms with Crippen LogP contribution >= 0.6 is 11.6 Å². The number of benzene rings is 1. The lowest BCUT2D eigenvalue weighted by atomic mass is 10.2. The lowest BCUT2D eigenvalue weighted by molar-refractivity contribution is 0.0602. The van der Waals surface area contributed by atoms with E-state index in [1.54, 1.807) is 0 Å². The molecule has 0 saturated carbocycles. The van der Waals surface area contributed by atoms with Gasteiger partial charge < -0.3 is 10.1 Å². The average Bonchev–Trinajstić information content (AvgIpc) is 2.27. The van der Waals surface area contributed by atoms with Crippen LogP contribution in [0, 0.1) is 0 Å². The van der Waals surface area contributed by atoms with E-state index in [1.807, 2.05) is 0 Å². The number of hydrogen-bond donors (Lipinski definition) is 1. The number of urea groups is 1. The molecule has 0 bridgehead atoms. The van der Waals surface area contributed by atoms with E-state index in [0.717, 1.165) is 0 Å². The summed E-state index contributed by atoms with van der Waals surface area (Å²) < 4.78 is 27.6. The third-order valence-electron chi connectivity index (χ3n) is 1.79. The topological polar surface area (TPSA) is 102 Å². The van der Waals surface area contributed by atoms with Gasteiger partial charge in [0, 0.05) is 5.02 Å². The molecular formula is C9H7ClN2O5S. The van der Waals surface area contributed by atoms with Crippen LogP contribution in [0.5, 0.6) is 0 Å². The molecule has 0 saturated heterocycles. The molecule has 18 heavy (non-hydrogen) atoms. The lowest BCUT2D eigenvalue weighted by Crippen LogP contribution is -2.11. The molecule has 0 atom stereocenters. The summed E-state index contributed by atoms with van der Waals surface area (Å²) in [5.41, 5.74) is 0.0377. The van der Waals surface area contributed by atoms with Crippen molar-refractivity contribution >= 4 is 39.8 Å². The Kier molecular flexibility index (Phi) is 4.81. The maximum Gasteiger partial charge on any atom is 0.360 e. The van der Waals surface area contributed by atoms with Crippen molar-refractivity contribution in [2.45, 2.75) is 0 Å². The van der Waals surface area contributed by atoms with Crippen molar-refractivity contribution in [2.75, 3.05) is 12.4 Å². The molecule has 9 heteroatoms. The number of anilines is 1. The van der Waals surface area contributed by atoms with E-state index in [1.165, 1.54) is 25.3 Å². The summed E-state index contributed by atoms with van der Waals surface area (Å²) in [6.07, 6.45) is 0. The number of rotatable bonds is 2. The van der Waals surface area contributed by atoms with Gasteiger partial charge in [0.15, 0.2) is 0 Å². The largest absolute Gasteiger partial charge is 0.465 e. The molecule has 0 spiro atoms. The average molecular weight is 291 g/mol. The third kappa shape index (κ3) is 3.82. The zero-order valence-corrected chi connectivity index (χ0v) is 10.6. The van der Waals surface area contributed by atoms with Crippen LogP contribution in [-0.2, 0) is 15.2 Å². The van der Waals surface area contributed by atoms with Gasteiger partial charge in [-0.25, -0.2) is 9.59 Å². The van der Waals surface area contributed by atoms with Crippen LogP contribution in [-0.4, -0.2) is 27.5 Å². The standard InChI is InChI=1S/C9H7ClN2O5S/c1-17-8(13)6-3-2-5(10)4-7(6)11-9(14)12-18(15)16/h2-4H,1H3,(H,11,14). The fourth-order valence-electron chi connectivity index (χ4n) is 1.11. The second-order valence-corrected chi connectivity index (χ2v) is 3.97. The molecule has 7 nitrogen and oxygen atoms in total. The Bertz CT molecular complexity index is 618. The monoisotopic (exact) mass is 290 g/mol. The predicted molar refractivity (Wildman–Crippen MR) is 63.2 cm³/mol. The van der Waals surface area contributed by atoms with Crippen LogP contribution in [0.15, 0.2) is 22.6 Å². The smallest absolute Gasteiger partial charge is 0.360 e. The van der Waals surface area contributed by atoms with Gasteiger partial charge in [-0.15, -0.1) is 0 Å². The van der Waals surface area contributed by atoms with Crippen molar-refractivity contribution in [1.82, 2.24) is 0 Å². The van der Waals surface area contributed by atoms with Crippen molar-refractivity contribution in [3.8, 4) is 0 Å². The summed E-state index contributed by atoms with van der Waals surface area (Å²) in [4.78, 5) is 22.5. The van der Waals surface area contributed by atoms with Gasteiger partial charge in [-0.2, -0.15) is 8.42 Å². The number of nitrogens with zero attached hydrogens (tertiary/aromatic N) is 1. The van der Waals surface area contributed by atoms with E-state index in [2.05, 4.69) is 14.4 Å². The van der Waals surface area contributed by atoms with Gasteiger partial charge in [-0.05, 0) is 18.2 Å². The Labute approximate surface area is 108 Å². The molecule has 1 aromatic rings. The van der Waals surface area contributed by atoms with Crippen molar-refractivity contribution < 1.29 is 22.7 Å². The van der Waals surface area contributed by atoms with Gasteiger partial charge >= 0.3 is 22.5 Å². The Morgan fingerprint density at radius 1 is 1.39 bits per heavy atom. The van der Waals surface area contributed by atoms with Crippen LogP contribution < -0.4 is 5.32 Å². The molecule has 0 unspecified atom stereocenters. The molecule has 1 N–H and O–H groups in total. The lowest BCUT2D eigenvalue weighted by Gasteiger charge is -2.07. The second kappa shape index (κ2) is 6.12. The molecule has 0 heterocycles. The van der Waals surface area contributed by atoms with E-state index >= 15 is 0 Å². The highest BCUT2D eigenvalue weighted by Gasteiger charge is 2.14. The number of carbonyl (C=O) groups excluding carboxylic acids is 2. The van der Waals surface area contributed by atoms with Gasteiger partial charge in [-0.3, -0.25) is 0 Å². The molecule has 0 radical (unpaired) electrons. The fourth-order valence-corrected chi connectivity index (χ4v) is 1.47. The summed E-state index contributed by atoms with van der Waals surface area (Å²) in [7, 11) is -1.71. The summed E-state index contributed by atoms with van der Waals surface area (Å²) in [6, 6.07) is 2.88. The van der Waals surface area contributed by atoms with Gasteiger partial charge in [0.2, 0.25) is 0 Å². The first-order valence-electron chi connectivity index (χ1n) is 4.44. The summed E-state index contributed by atoms with van der Waals surface area (Å²) in [6.45, 7) is 0. The number of methoxy groups -OCH3 is 1. The minimum atomic E-state index is -2.88. The molecule has 96 valence electrons. The molecular weight excluding hydrogens is 284 g/mol. The molecule has 0 aliphatic heterocycles. The molecule has 2 amide bonds. The van der Waals surface area contributed by atoms with Crippen LogP contribution in [0.2, 0.25) is 5.02 Å². The molecule has 0 aliphatic rings. The van der Waals surface area contributed by atoms with Crippen molar-refractivity contribution in [1.29, 1.82) is 0 Å². The molecule has 1 rings (SSSR count). The molecule has 1 aromatic carbocycles. The number of amides is 2. The summed E-state index contributed by atoms with van der Waals surface area (Å²) in [5, 5.41) is 2.37. The third-order valence-corrected chi connectivity index (χ3v) is 2.34. The minimum absolute atomic E-state index is 0.00792. The highest BCUT2D eigenvalue weighted by atomic mass is 35.5. The number of esters is 1. The maximum atomic E-state index is 11.4. The highest BCUT2D eigenvalue weighted by molar-refractivity contribution is 7.62. The summed E-state index contributed by atoms with van der Waals surface area (Å²) >= 11 is 5.70. The molecule has 0 aliphatic carbocycles. The van der Waals surface area contributed by atoms with E-state index in [-0.39, 0.29) is 16.3 Å². The van der Waals surface area contributed by atoms with E-state index < -0.39 is 22.5 Å². The normalized spacial score (nSPS) is 9.44. The highest BCUT2D eigenvalue weighted by Crippen LogP contribution is 2.22. The summed E-state index contributed by atoms with van der Waals surface area (Å²) in [5.74, 6) is -0.704. The van der Waals surface area contributed by atoms with Crippen LogP contribution in [0.4, 0.5) is 10.5 Å². The quantitative estimate of drug-likeness (QED) is 0.836. The van der Waals surface area contributed by atoms with Crippen LogP contribution in [0.3, 0.4) is 0 Å². The number of halogens is 1. The van der Waals surface area contributed by atoms with E-state index in [0.29, 0.717) is 0 Å². The van der Waals surface area contributed by atoms with Crippen LogP contribution in [0.1, 0.15) is 10.4 Å². The first kappa shape index (κ1) is 14.1. The number of ether oxygens (including phenoxy) is 1. The fraction of sp³-hybridized carbons (Fsp3) is 0.111. The SMILES string of the molecule is COC(=O)c1ccc(Cl)cc1NC(=O)N=S(=O)=O. The van der Waals surface area contributed by atoms with E-state index in [9.17, 15) is 18.0 Å². The Morgan fingerprint density at radius 2 is 2.06 bits per heavy atom. The predicted octanol–water partition coefficient (Wildman–Crippen LogP) is 1.72. The second-order valence-electron chi connectivity index (χ2n) is 2.92. The first-order valence-corrected chi connectivity index (χ1v) is 5.85. The van der Waals surface area contributed by atoms with Gasteiger partial charge in [-0.1, -0.05) is 16.0 Å². The van der Waals surface area contributed by atoms with Gasteiger partial charge in [0.25, 0.3) is 0 Å². The number of nitrogens with one attached hydrogen (secondary N) is 1. The first-order chi connectivity index (χ1) is 8.43. The van der Waals surface area contributed by atoms with Crippen molar-refractivity contribution in [3.05, 3.63) is 28.8 Å². The Morgan fingerprint density at radius 3 is 2.61 bits per heavy atom. The zero-order valence-electron chi connectivity index (χ0n) is 9.01. The van der Waals surface area contributed by atoms with Crippen LogP contribution in [0.25, 0.3) is 0 Å². The molecule has 0 aromatic heterocycles. The van der Waals surface area contributed by atoms with Gasteiger partial charge in [0.1, 0.15) is 0 Å². The molecule has 0 fully saturated rings. The number of carbonyl (C=O) groups is 2. The van der Waals surface area contributed by atoms with Gasteiger partial charge in [0.05, 0.1) is 18.4 Å². The van der Waals surface area contributed by atoms with Crippen molar-refractivity contribution in [2.24, 2.45) is 4.36 Å². The maximum absolute atomic E-state index is 11.4. The minimum Gasteiger partial charge on any atom is -0.465 e. The number of hydrogen-bond acceptors (Lipinski definition) is 5. The van der Waals surface area contributed by atoms with Crippen molar-refractivity contribution in [3.63, 3.8) is 0 Å². The Balaban J connectivity index is 3.14. The Hall–Kier alpha value is -1.93.